The zero-order chi connectivity index (χ0) is 18.1. The summed E-state index contributed by atoms with van der Waals surface area (Å²) in [6.07, 6.45) is 2.47. The molecule has 0 bridgehead atoms. The standard InChI is InChI=1S/C18H23N5O2/c1-6-10(3)20-16-13(18(24)25-7-2)9-19-17-15(16)12(5)21-14-8-11(4)22-23(14)17/h8-10H,6-7H2,1-5H3,(H,19,20). The van der Waals surface area contributed by atoms with Gasteiger partial charge in [0.25, 0.3) is 0 Å². The van der Waals surface area contributed by atoms with Gasteiger partial charge in [-0.25, -0.2) is 14.8 Å². The molecule has 7 nitrogen and oxygen atoms in total. The van der Waals surface area contributed by atoms with Crippen molar-refractivity contribution in [2.24, 2.45) is 0 Å². The number of nitrogens with one attached hydrogen (secondary N) is 1. The van der Waals surface area contributed by atoms with Crippen molar-refractivity contribution < 1.29 is 9.53 Å². The summed E-state index contributed by atoms with van der Waals surface area (Å²) >= 11 is 0. The minimum atomic E-state index is -0.390. The third-order valence-corrected chi connectivity index (χ3v) is 4.21. The van der Waals surface area contributed by atoms with E-state index in [1.807, 2.05) is 19.9 Å². The van der Waals surface area contributed by atoms with Gasteiger partial charge in [-0.15, -0.1) is 0 Å². The topological polar surface area (TPSA) is 81.4 Å². The largest absolute Gasteiger partial charge is 0.462 e. The maximum atomic E-state index is 12.4. The van der Waals surface area contributed by atoms with Crippen LogP contribution < -0.4 is 5.32 Å². The summed E-state index contributed by atoms with van der Waals surface area (Å²) in [6, 6.07) is 2.10. The molecule has 25 heavy (non-hydrogen) atoms. The lowest BCUT2D eigenvalue weighted by molar-refractivity contribution is 0.0527. The van der Waals surface area contributed by atoms with Crippen molar-refractivity contribution in [3.63, 3.8) is 0 Å². The summed E-state index contributed by atoms with van der Waals surface area (Å²) in [5.41, 5.74) is 4.21. The number of nitrogens with zero attached hydrogens (tertiary/aromatic N) is 4. The maximum absolute atomic E-state index is 12.4. The second kappa shape index (κ2) is 6.66. The minimum absolute atomic E-state index is 0.188. The fraction of sp³-hybridized carbons (Fsp3) is 0.444. The Hall–Kier alpha value is -2.70. The molecule has 0 aromatic carbocycles. The van der Waals surface area contributed by atoms with Gasteiger partial charge in [-0.2, -0.15) is 9.61 Å². The molecule has 0 spiro atoms. The Labute approximate surface area is 146 Å². The van der Waals surface area contributed by atoms with Crippen molar-refractivity contribution in [1.29, 1.82) is 0 Å². The molecular formula is C18H23N5O2. The van der Waals surface area contributed by atoms with Crippen LogP contribution in [-0.2, 0) is 4.74 Å². The summed E-state index contributed by atoms with van der Waals surface area (Å²) in [6.45, 7) is 10.1. The smallest absolute Gasteiger partial charge is 0.341 e. The van der Waals surface area contributed by atoms with E-state index >= 15 is 0 Å². The quantitative estimate of drug-likeness (QED) is 0.717. The summed E-state index contributed by atoms with van der Waals surface area (Å²) in [5, 5.41) is 8.71. The number of carbonyl (C=O) groups is 1. The fourth-order valence-electron chi connectivity index (χ4n) is 2.82. The van der Waals surface area contributed by atoms with Crippen molar-refractivity contribution >= 4 is 28.3 Å². The molecular weight excluding hydrogens is 318 g/mol. The van der Waals surface area contributed by atoms with E-state index in [4.69, 9.17) is 4.74 Å². The van der Waals surface area contributed by atoms with Crippen LogP contribution >= 0.6 is 0 Å². The molecule has 0 aliphatic heterocycles. The lowest BCUT2D eigenvalue weighted by Crippen LogP contribution is -2.19. The van der Waals surface area contributed by atoms with E-state index in [0.717, 1.165) is 28.8 Å². The highest BCUT2D eigenvalue weighted by Crippen LogP contribution is 2.30. The van der Waals surface area contributed by atoms with Gasteiger partial charge in [0.2, 0.25) is 0 Å². The van der Waals surface area contributed by atoms with Crippen molar-refractivity contribution in [1.82, 2.24) is 19.6 Å². The van der Waals surface area contributed by atoms with E-state index in [0.29, 0.717) is 23.5 Å². The van der Waals surface area contributed by atoms with Crippen molar-refractivity contribution in [3.8, 4) is 0 Å². The first kappa shape index (κ1) is 17.1. The van der Waals surface area contributed by atoms with Gasteiger partial charge in [0.1, 0.15) is 5.56 Å². The number of hydrogen-bond acceptors (Lipinski definition) is 6. The third kappa shape index (κ3) is 3.01. The third-order valence-electron chi connectivity index (χ3n) is 4.21. The van der Waals surface area contributed by atoms with E-state index in [9.17, 15) is 4.79 Å². The van der Waals surface area contributed by atoms with E-state index in [-0.39, 0.29) is 12.0 Å². The lowest BCUT2D eigenvalue weighted by atomic mass is 10.1. The van der Waals surface area contributed by atoms with Crippen LogP contribution in [0.5, 0.6) is 0 Å². The van der Waals surface area contributed by atoms with Crippen LogP contribution in [0.1, 0.15) is 48.9 Å². The predicted molar refractivity (Wildman–Crippen MR) is 97.1 cm³/mol. The number of hydrogen-bond donors (Lipinski definition) is 1. The van der Waals surface area contributed by atoms with Crippen molar-refractivity contribution in [2.45, 2.75) is 47.1 Å². The molecule has 1 unspecified atom stereocenters. The number of anilines is 1. The van der Waals surface area contributed by atoms with Gasteiger partial charge >= 0.3 is 5.97 Å². The van der Waals surface area contributed by atoms with Crippen molar-refractivity contribution in [3.05, 3.63) is 29.2 Å². The highest BCUT2D eigenvalue weighted by atomic mass is 16.5. The van der Waals surface area contributed by atoms with E-state index in [1.54, 1.807) is 17.6 Å². The predicted octanol–water partition coefficient (Wildman–Crippen LogP) is 3.28. The minimum Gasteiger partial charge on any atom is -0.462 e. The zero-order valence-corrected chi connectivity index (χ0v) is 15.3. The van der Waals surface area contributed by atoms with Crippen LogP contribution in [0.3, 0.4) is 0 Å². The molecule has 0 amide bonds. The van der Waals surface area contributed by atoms with Gasteiger partial charge in [-0.1, -0.05) is 6.92 Å². The maximum Gasteiger partial charge on any atom is 0.341 e. The van der Waals surface area contributed by atoms with Crippen LogP contribution in [0.15, 0.2) is 12.3 Å². The second-order valence-electron chi connectivity index (χ2n) is 6.17. The highest BCUT2D eigenvalue weighted by Gasteiger charge is 2.21. The van der Waals surface area contributed by atoms with Gasteiger partial charge in [0, 0.05) is 18.3 Å². The molecule has 7 heteroatoms. The first-order chi connectivity index (χ1) is 12.0. The molecule has 0 aliphatic carbocycles. The van der Waals surface area contributed by atoms with Crippen LogP contribution in [0.4, 0.5) is 5.69 Å². The van der Waals surface area contributed by atoms with Gasteiger partial charge in [-0.05, 0) is 34.1 Å². The molecule has 0 radical (unpaired) electrons. The van der Waals surface area contributed by atoms with Crippen LogP contribution in [0, 0.1) is 13.8 Å². The molecule has 0 aliphatic rings. The molecule has 3 rings (SSSR count). The van der Waals surface area contributed by atoms with Gasteiger partial charge in [0.05, 0.1) is 29.1 Å². The van der Waals surface area contributed by atoms with Gasteiger partial charge in [-0.3, -0.25) is 0 Å². The van der Waals surface area contributed by atoms with Crippen molar-refractivity contribution in [2.75, 3.05) is 11.9 Å². The van der Waals surface area contributed by atoms with Crippen LogP contribution in [-0.4, -0.2) is 38.2 Å². The number of ether oxygens (including phenoxy) is 1. The molecule has 1 N–H and O–H groups in total. The zero-order valence-electron chi connectivity index (χ0n) is 15.3. The normalized spacial score (nSPS) is 12.5. The molecule has 0 fully saturated rings. The Morgan fingerprint density at radius 3 is 2.80 bits per heavy atom. The molecule has 132 valence electrons. The van der Waals surface area contributed by atoms with E-state index in [2.05, 4.69) is 34.2 Å². The van der Waals surface area contributed by atoms with Gasteiger partial charge < -0.3 is 10.1 Å². The van der Waals surface area contributed by atoms with E-state index in [1.165, 1.54) is 0 Å². The molecule has 0 saturated carbocycles. The summed E-state index contributed by atoms with van der Waals surface area (Å²) in [5.74, 6) is -0.390. The number of fused-ring (bicyclic) bond motifs is 3. The average molecular weight is 341 g/mol. The summed E-state index contributed by atoms with van der Waals surface area (Å²) in [7, 11) is 0. The van der Waals surface area contributed by atoms with Crippen LogP contribution in [0.2, 0.25) is 0 Å². The lowest BCUT2D eigenvalue weighted by Gasteiger charge is -2.19. The Balaban J connectivity index is 2.34. The highest BCUT2D eigenvalue weighted by molar-refractivity contribution is 6.05. The monoisotopic (exact) mass is 341 g/mol. The Morgan fingerprint density at radius 2 is 2.12 bits per heavy atom. The Morgan fingerprint density at radius 1 is 1.36 bits per heavy atom. The molecule has 3 aromatic rings. The molecule has 1 atom stereocenters. The van der Waals surface area contributed by atoms with Crippen LogP contribution in [0.25, 0.3) is 16.7 Å². The SMILES string of the molecule is CCOC(=O)c1cnc2c(c(C)nc3cc(C)nn32)c1NC(C)CC. The summed E-state index contributed by atoms with van der Waals surface area (Å²) < 4.78 is 6.92. The number of aryl methyl sites for hydroxylation is 2. The van der Waals surface area contributed by atoms with Gasteiger partial charge in [0.15, 0.2) is 11.3 Å². The number of carbonyl (C=O) groups excluding carboxylic acids is 1. The first-order valence-corrected chi connectivity index (χ1v) is 8.55. The summed E-state index contributed by atoms with van der Waals surface area (Å²) in [4.78, 5) is 21.5. The molecule has 0 saturated heterocycles. The number of aromatic nitrogens is 4. The number of esters is 1. The average Bonchev–Trinajstić information content (AvgIpc) is 2.95. The van der Waals surface area contributed by atoms with E-state index < -0.39 is 0 Å². The Kier molecular flexibility index (Phi) is 4.57. The Bertz CT molecular complexity index is 948. The second-order valence-corrected chi connectivity index (χ2v) is 6.17. The first-order valence-electron chi connectivity index (χ1n) is 8.55. The number of rotatable bonds is 5. The molecule has 3 aromatic heterocycles. The fourth-order valence-corrected chi connectivity index (χ4v) is 2.82. The molecule has 3 heterocycles. The number of pyridine rings is 1.